The van der Waals surface area contributed by atoms with E-state index in [9.17, 15) is 4.79 Å². The number of hydrogen-bond acceptors (Lipinski definition) is 5. The first kappa shape index (κ1) is 10.6. The molecule has 0 spiro atoms. The molecule has 0 aliphatic carbocycles. The molecule has 14 heavy (non-hydrogen) atoms. The lowest BCUT2D eigenvalue weighted by Crippen LogP contribution is -2.33. The number of methoxy groups -OCH3 is 1. The van der Waals surface area contributed by atoms with Crippen LogP contribution < -0.4 is 5.32 Å². The zero-order valence-corrected chi connectivity index (χ0v) is 8.40. The second-order valence-electron chi connectivity index (χ2n) is 2.83. The zero-order valence-electron chi connectivity index (χ0n) is 8.40. The lowest BCUT2D eigenvalue weighted by atomic mass is 10.4. The standard InChI is InChI=1S/C8H13N3O3/c1-5(13-3)8(12)9-4-7-10-6(2)11-14-7/h5H,4H2,1-3H3,(H,9,12). The summed E-state index contributed by atoms with van der Waals surface area (Å²) < 4.78 is 9.64. The maximum absolute atomic E-state index is 11.2. The smallest absolute Gasteiger partial charge is 0.249 e. The van der Waals surface area contributed by atoms with Crippen molar-refractivity contribution in [3.8, 4) is 0 Å². The number of nitrogens with one attached hydrogen (secondary N) is 1. The van der Waals surface area contributed by atoms with Gasteiger partial charge in [0.25, 0.3) is 0 Å². The van der Waals surface area contributed by atoms with Crippen LogP contribution in [0, 0.1) is 6.92 Å². The molecule has 0 radical (unpaired) electrons. The monoisotopic (exact) mass is 199 g/mol. The fraction of sp³-hybridized carbons (Fsp3) is 0.625. The Morgan fingerprint density at radius 2 is 2.43 bits per heavy atom. The van der Waals surface area contributed by atoms with Crippen molar-refractivity contribution >= 4 is 5.91 Å². The maximum Gasteiger partial charge on any atom is 0.249 e. The summed E-state index contributed by atoms with van der Waals surface area (Å²) in [7, 11) is 1.47. The van der Waals surface area contributed by atoms with Crippen LogP contribution >= 0.6 is 0 Å². The molecule has 1 aromatic heterocycles. The molecule has 1 atom stereocenters. The summed E-state index contributed by atoms with van der Waals surface area (Å²) in [6.07, 6.45) is -0.473. The van der Waals surface area contributed by atoms with Crippen molar-refractivity contribution in [1.82, 2.24) is 15.5 Å². The second kappa shape index (κ2) is 4.71. The molecular formula is C8H13N3O3. The van der Waals surface area contributed by atoms with Gasteiger partial charge in [-0.1, -0.05) is 5.16 Å². The van der Waals surface area contributed by atoms with Crippen LogP contribution in [0.2, 0.25) is 0 Å². The summed E-state index contributed by atoms with van der Waals surface area (Å²) in [4.78, 5) is 15.2. The van der Waals surface area contributed by atoms with Gasteiger partial charge in [0.2, 0.25) is 11.8 Å². The van der Waals surface area contributed by atoms with Crippen LogP contribution in [0.5, 0.6) is 0 Å². The Morgan fingerprint density at radius 3 is 2.93 bits per heavy atom. The van der Waals surface area contributed by atoms with Crippen LogP contribution in [0.15, 0.2) is 4.52 Å². The Labute approximate surface area is 81.6 Å². The molecule has 0 saturated heterocycles. The van der Waals surface area contributed by atoms with Gasteiger partial charge in [-0.25, -0.2) is 0 Å². The second-order valence-corrected chi connectivity index (χ2v) is 2.83. The molecule has 0 aliphatic heterocycles. The highest BCUT2D eigenvalue weighted by atomic mass is 16.5. The first-order chi connectivity index (χ1) is 6.63. The molecule has 1 unspecified atom stereocenters. The number of rotatable bonds is 4. The fourth-order valence-corrected chi connectivity index (χ4v) is 0.825. The summed E-state index contributed by atoms with van der Waals surface area (Å²) in [6, 6.07) is 0. The summed E-state index contributed by atoms with van der Waals surface area (Å²) in [6.45, 7) is 3.61. The van der Waals surface area contributed by atoms with Crippen LogP contribution in [0.1, 0.15) is 18.6 Å². The molecule has 0 saturated carbocycles. The van der Waals surface area contributed by atoms with E-state index in [0.29, 0.717) is 11.7 Å². The molecule has 1 aromatic rings. The van der Waals surface area contributed by atoms with Crippen LogP contribution in [-0.4, -0.2) is 29.3 Å². The van der Waals surface area contributed by atoms with E-state index in [2.05, 4.69) is 15.5 Å². The molecule has 0 aliphatic rings. The number of ether oxygens (including phenoxy) is 1. The molecular weight excluding hydrogens is 186 g/mol. The summed E-state index contributed by atoms with van der Waals surface area (Å²) in [5, 5.41) is 6.19. The van der Waals surface area contributed by atoms with Gasteiger partial charge in [-0.15, -0.1) is 0 Å². The van der Waals surface area contributed by atoms with E-state index < -0.39 is 6.10 Å². The van der Waals surface area contributed by atoms with Gasteiger partial charge in [0, 0.05) is 7.11 Å². The molecule has 1 heterocycles. The Bertz CT molecular complexity index is 311. The Morgan fingerprint density at radius 1 is 1.71 bits per heavy atom. The van der Waals surface area contributed by atoms with Crippen molar-refractivity contribution < 1.29 is 14.1 Å². The average Bonchev–Trinajstić information content (AvgIpc) is 2.59. The number of amides is 1. The van der Waals surface area contributed by atoms with Gasteiger partial charge < -0.3 is 14.6 Å². The molecule has 1 amide bonds. The Kier molecular flexibility index (Phi) is 3.58. The van der Waals surface area contributed by atoms with Crippen LogP contribution in [0.25, 0.3) is 0 Å². The highest BCUT2D eigenvalue weighted by Gasteiger charge is 2.12. The van der Waals surface area contributed by atoms with Gasteiger partial charge in [0.1, 0.15) is 6.10 Å². The third kappa shape index (κ3) is 2.81. The predicted molar refractivity (Wildman–Crippen MR) is 47.4 cm³/mol. The van der Waals surface area contributed by atoms with Crippen LogP contribution in [-0.2, 0) is 16.1 Å². The van der Waals surface area contributed by atoms with Gasteiger partial charge in [-0.2, -0.15) is 4.98 Å². The van der Waals surface area contributed by atoms with Crippen molar-refractivity contribution in [1.29, 1.82) is 0 Å². The average molecular weight is 199 g/mol. The quantitative estimate of drug-likeness (QED) is 0.740. The summed E-state index contributed by atoms with van der Waals surface area (Å²) in [5.74, 6) is 0.733. The number of hydrogen-bond donors (Lipinski definition) is 1. The highest BCUT2D eigenvalue weighted by molar-refractivity contribution is 5.80. The van der Waals surface area contributed by atoms with Gasteiger partial charge in [-0.05, 0) is 13.8 Å². The van der Waals surface area contributed by atoms with E-state index in [1.54, 1.807) is 13.8 Å². The zero-order chi connectivity index (χ0) is 10.6. The van der Waals surface area contributed by atoms with Crippen molar-refractivity contribution in [3.63, 3.8) is 0 Å². The number of aromatic nitrogens is 2. The predicted octanol–water partition coefficient (Wildman–Crippen LogP) is 0.0291. The molecule has 0 fully saturated rings. The number of aryl methyl sites for hydroxylation is 1. The van der Waals surface area contributed by atoms with E-state index in [4.69, 9.17) is 9.26 Å². The lowest BCUT2D eigenvalue weighted by Gasteiger charge is -2.07. The Balaban J connectivity index is 2.37. The normalized spacial score (nSPS) is 12.5. The minimum atomic E-state index is -0.473. The third-order valence-corrected chi connectivity index (χ3v) is 1.71. The van der Waals surface area contributed by atoms with Crippen LogP contribution in [0.4, 0.5) is 0 Å². The SMILES string of the molecule is COC(C)C(=O)NCc1nc(C)no1. The van der Waals surface area contributed by atoms with Gasteiger partial charge in [0.15, 0.2) is 5.82 Å². The molecule has 6 heteroatoms. The van der Waals surface area contributed by atoms with Crippen molar-refractivity contribution in [2.24, 2.45) is 0 Å². The summed E-state index contributed by atoms with van der Waals surface area (Å²) >= 11 is 0. The first-order valence-corrected chi connectivity index (χ1v) is 4.23. The lowest BCUT2D eigenvalue weighted by molar-refractivity contribution is -0.130. The van der Waals surface area contributed by atoms with E-state index >= 15 is 0 Å². The van der Waals surface area contributed by atoms with Crippen molar-refractivity contribution in [2.75, 3.05) is 7.11 Å². The van der Waals surface area contributed by atoms with Gasteiger partial charge >= 0.3 is 0 Å². The van der Waals surface area contributed by atoms with Crippen molar-refractivity contribution in [3.05, 3.63) is 11.7 Å². The highest BCUT2D eigenvalue weighted by Crippen LogP contribution is 1.95. The fourth-order valence-electron chi connectivity index (χ4n) is 0.825. The molecule has 1 rings (SSSR count). The van der Waals surface area contributed by atoms with Crippen LogP contribution in [0.3, 0.4) is 0 Å². The molecule has 1 N–H and O–H groups in total. The van der Waals surface area contributed by atoms with Gasteiger partial charge in [0.05, 0.1) is 6.54 Å². The van der Waals surface area contributed by atoms with Gasteiger partial charge in [-0.3, -0.25) is 4.79 Å². The van der Waals surface area contributed by atoms with E-state index in [1.165, 1.54) is 7.11 Å². The summed E-state index contributed by atoms with van der Waals surface area (Å²) in [5.41, 5.74) is 0. The first-order valence-electron chi connectivity index (χ1n) is 4.23. The topological polar surface area (TPSA) is 77.2 Å². The third-order valence-electron chi connectivity index (χ3n) is 1.71. The van der Waals surface area contributed by atoms with E-state index in [0.717, 1.165) is 0 Å². The number of carbonyl (C=O) groups excluding carboxylic acids is 1. The largest absolute Gasteiger partial charge is 0.372 e. The molecule has 6 nitrogen and oxygen atoms in total. The minimum absolute atomic E-state index is 0.205. The molecule has 78 valence electrons. The molecule has 0 aromatic carbocycles. The molecule has 0 bridgehead atoms. The number of nitrogens with zero attached hydrogens (tertiary/aromatic N) is 2. The van der Waals surface area contributed by atoms with Crippen molar-refractivity contribution in [2.45, 2.75) is 26.5 Å². The number of carbonyl (C=O) groups is 1. The Hall–Kier alpha value is -1.43. The maximum atomic E-state index is 11.2. The van der Waals surface area contributed by atoms with E-state index in [-0.39, 0.29) is 12.5 Å². The van der Waals surface area contributed by atoms with E-state index in [1.807, 2.05) is 0 Å². The minimum Gasteiger partial charge on any atom is -0.372 e.